The number of carbonyl (C=O) groups excluding carboxylic acids is 2. The van der Waals surface area contributed by atoms with Crippen molar-refractivity contribution < 1.29 is 14.3 Å². The van der Waals surface area contributed by atoms with Gasteiger partial charge in [-0.05, 0) is 75.1 Å². The Balaban J connectivity index is 1.63. The molecule has 1 atom stereocenters. The molecule has 1 saturated carbocycles. The Morgan fingerprint density at radius 1 is 0.952 bits per heavy atom. The van der Waals surface area contributed by atoms with Crippen molar-refractivity contribution in [3.05, 3.63) is 97.9 Å². The van der Waals surface area contributed by atoms with Crippen molar-refractivity contribution in [3.8, 4) is 5.75 Å². The van der Waals surface area contributed by atoms with E-state index in [0.717, 1.165) is 46.8 Å². The van der Waals surface area contributed by atoms with Crippen LogP contribution in [0.15, 0.2) is 71.2 Å². The molecule has 4 rings (SSSR count). The Morgan fingerprint density at radius 2 is 1.67 bits per heavy atom. The topological polar surface area (TPSA) is 58.6 Å². The molecule has 0 unspecified atom stereocenters. The number of nitrogens with one attached hydrogen (secondary N) is 1. The van der Waals surface area contributed by atoms with E-state index in [-0.39, 0.29) is 36.4 Å². The fraction of sp³-hybridized carbons (Fsp3) is 0.412. The highest BCUT2D eigenvalue weighted by atomic mass is 79.9. The van der Waals surface area contributed by atoms with E-state index in [2.05, 4.69) is 42.0 Å². The Kier molecular flexibility index (Phi) is 11.4. The first kappa shape index (κ1) is 32.4. The summed E-state index contributed by atoms with van der Waals surface area (Å²) in [7, 11) is 0. The molecule has 0 heterocycles. The van der Waals surface area contributed by atoms with Crippen LogP contribution in [-0.4, -0.2) is 35.4 Å². The van der Waals surface area contributed by atoms with Gasteiger partial charge in [-0.15, -0.1) is 0 Å². The zero-order chi connectivity index (χ0) is 30.3. The lowest BCUT2D eigenvalue weighted by Crippen LogP contribution is -2.53. The third kappa shape index (κ3) is 8.98. The number of nitrogens with zero attached hydrogens (tertiary/aromatic N) is 1. The summed E-state index contributed by atoms with van der Waals surface area (Å²) in [5, 5.41) is 4.08. The fourth-order valence-corrected chi connectivity index (χ4v) is 6.05. The standard InChI is InChI=1S/C34H39BrCl2N2O3/c1-34(2,3)25-15-17-31(27(35)20-25)42-22-32(40)39(21-24-14-16-28(36)29(37)18-24)30(19-23-10-6-4-7-11-23)33(41)38-26-12-8-5-9-13-26/h4,6-7,10-11,14-18,20,26,30H,5,8-9,12-13,19,21-22H2,1-3H3,(H,38,41)/t30-/m1/s1. The number of rotatable bonds is 10. The van der Waals surface area contributed by atoms with Crippen LogP contribution in [0.25, 0.3) is 0 Å². The molecule has 1 fully saturated rings. The average molecular weight is 675 g/mol. The Hall–Kier alpha value is -2.54. The van der Waals surface area contributed by atoms with Crippen LogP contribution in [0.3, 0.4) is 0 Å². The van der Waals surface area contributed by atoms with Gasteiger partial charge in [-0.3, -0.25) is 9.59 Å². The summed E-state index contributed by atoms with van der Waals surface area (Å²) in [6.07, 6.45) is 5.65. The maximum absolute atomic E-state index is 14.0. The van der Waals surface area contributed by atoms with Crippen molar-refractivity contribution >= 4 is 50.9 Å². The van der Waals surface area contributed by atoms with E-state index in [1.54, 1.807) is 17.0 Å². The third-order valence-corrected chi connectivity index (χ3v) is 9.07. The van der Waals surface area contributed by atoms with Gasteiger partial charge >= 0.3 is 0 Å². The zero-order valence-electron chi connectivity index (χ0n) is 24.5. The van der Waals surface area contributed by atoms with Gasteiger partial charge in [0.2, 0.25) is 5.91 Å². The first-order valence-corrected chi connectivity index (χ1v) is 16.1. The summed E-state index contributed by atoms with van der Waals surface area (Å²) in [6, 6.07) is 20.3. The number of hydrogen-bond acceptors (Lipinski definition) is 3. The molecule has 0 radical (unpaired) electrons. The largest absolute Gasteiger partial charge is 0.483 e. The molecule has 0 aliphatic heterocycles. The smallest absolute Gasteiger partial charge is 0.261 e. The van der Waals surface area contributed by atoms with Crippen LogP contribution in [0, 0.1) is 0 Å². The Labute approximate surface area is 268 Å². The monoisotopic (exact) mass is 672 g/mol. The minimum atomic E-state index is -0.744. The van der Waals surface area contributed by atoms with E-state index in [1.807, 2.05) is 54.6 Å². The number of benzene rings is 3. The number of ether oxygens (including phenoxy) is 1. The van der Waals surface area contributed by atoms with Gasteiger partial charge in [-0.25, -0.2) is 0 Å². The molecule has 2 amide bonds. The molecule has 0 aromatic heterocycles. The van der Waals surface area contributed by atoms with Crippen LogP contribution < -0.4 is 10.1 Å². The second-order valence-corrected chi connectivity index (χ2v) is 13.7. The van der Waals surface area contributed by atoms with E-state index in [1.165, 1.54) is 6.42 Å². The summed E-state index contributed by atoms with van der Waals surface area (Å²) in [5.41, 5.74) is 2.87. The molecule has 224 valence electrons. The maximum atomic E-state index is 14.0. The average Bonchev–Trinajstić information content (AvgIpc) is 2.96. The number of hydrogen-bond donors (Lipinski definition) is 1. The van der Waals surface area contributed by atoms with Crippen molar-refractivity contribution in [1.29, 1.82) is 0 Å². The van der Waals surface area contributed by atoms with Crippen LogP contribution in [0.1, 0.15) is 69.6 Å². The highest BCUT2D eigenvalue weighted by Gasteiger charge is 2.32. The molecular formula is C34H39BrCl2N2O3. The van der Waals surface area contributed by atoms with E-state index in [0.29, 0.717) is 22.2 Å². The minimum absolute atomic E-state index is 0.0239. The molecule has 42 heavy (non-hydrogen) atoms. The van der Waals surface area contributed by atoms with E-state index in [4.69, 9.17) is 27.9 Å². The third-order valence-electron chi connectivity index (χ3n) is 7.71. The second-order valence-electron chi connectivity index (χ2n) is 12.0. The van der Waals surface area contributed by atoms with Crippen molar-refractivity contribution in [3.63, 3.8) is 0 Å². The first-order chi connectivity index (χ1) is 20.0. The van der Waals surface area contributed by atoms with Gasteiger partial charge in [0.05, 0.1) is 14.5 Å². The summed E-state index contributed by atoms with van der Waals surface area (Å²) >= 11 is 16.1. The van der Waals surface area contributed by atoms with Gasteiger partial charge in [0.25, 0.3) is 5.91 Å². The van der Waals surface area contributed by atoms with Crippen LogP contribution in [-0.2, 0) is 28.0 Å². The molecule has 5 nitrogen and oxygen atoms in total. The maximum Gasteiger partial charge on any atom is 0.261 e. The first-order valence-electron chi connectivity index (χ1n) is 14.5. The zero-order valence-corrected chi connectivity index (χ0v) is 27.6. The van der Waals surface area contributed by atoms with Gasteiger partial charge in [-0.2, -0.15) is 0 Å². The molecule has 1 aliphatic carbocycles. The fourth-order valence-electron chi connectivity index (χ4n) is 5.24. The highest BCUT2D eigenvalue weighted by molar-refractivity contribution is 9.10. The van der Waals surface area contributed by atoms with Gasteiger partial charge in [0, 0.05) is 19.0 Å². The number of amides is 2. The van der Waals surface area contributed by atoms with Crippen LogP contribution in [0.2, 0.25) is 10.0 Å². The van der Waals surface area contributed by atoms with Gasteiger partial charge in [-0.1, -0.05) is 106 Å². The summed E-state index contributed by atoms with van der Waals surface area (Å²) in [5.74, 6) is 0.111. The summed E-state index contributed by atoms with van der Waals surface area (Å²) in [6.45, 7) is 6.39. The molecule has 8 heteroatoms. The molecule has 1 N–H and O–H groups in total. The Bertz CT molecular complexity index is 1370. The lowest BCUT2D eigenvalue weighted by Gasteiger charge is -2.33. The lowest BCUT2D eigenvalue weighted by molar-refractivity contribution is -0.143. The van der Waals surface area contributed by atoms with Crippen molar-refractivity contribution in [2.45, 2.75) is 83.3 Å². The van der Waals surface area contributed by atoms with E-state index >= 15 is 0 Å². The van der Waals surface area contributed by atoms with Crippen molar-refractivity contribution in [1.82, 2.24) is 10.2 Å². The molecule has 3 aromatic rings. The van der Waals surface area contributed by atoms with Crippen LogP contribution in [0.5, 0.6) is 5.75 Å². The van der Waals surface area contributed by atoms with Crippen LogP contribution in [0.4, 0.5) is 0 Å². The van der Waals surface area contributed by atoms with E-state index in [9.17, 15) is 9.59 Å². The second kappa shape index (κ2) is 14.8. The molecular weight excluding hydrogens is 635 g/mol. The quantitative estimate of drug-likeness (QED) is 0.235. The van der Waals surface area contributed by atoms with Gasteiger partial charge in [0.15, 0.2) is 6.61 Å². The van der Waals surface area contributed by atoms with Gasteiger partial charge in [0.1, 0.15) is 11.8 Å². The van der Waals surface area contributed by atoms with Gasteiger partial charge < -0.3 is 15.0 Å². The normalized spacial score (nSPS) is 14.7. The highest BCUT2D eigenvalue weighted by Crippen LogP contribution is 2.32. The summed E-state index contributed by atoms with van der Waals surface area (Å²) in [4.78, 5) is 29.5. The molecule has 0 bridgehead atoms. The van der Waals surface area contributed by atoms with Crippen LogP contribution >= 0.6 is 39.1 Å². The SMILES string of the molecule is CC(C)(C)c1ccc(OCC(=O)N(Cc2ccc(Cl)c(Cl)c2)[C@H](Cc2ccccc2)C(=O)NC2CCCCC2)c(Br)c1. The number of carbonyl (C=O) groups is 2. The predicted molar refractivity (Wildman–Crippen MR) is 174 cm³/mol. The van der Waals surface area contributed by atoms with E-state index < -0.39 is 6.04 Å². The minimum Gasteiger partial charge on any atom is -0.483 e. The molecule has 0 spiro atoms. The lowest BCUT2D eigenvalue weighted by atomic mass is 9.87. The summed E-state index contributed by atoms with van der Waals surface area (Å²) < 4.78 is 6.81. The van der Waals surface area contributed by atoms with Crippen molar-refractivity contribution in [2.75, 3.05) is 6.61 Å². The Morgan fingerprint density at radius 3 is 2.31 bits per heavy atom. The van der Waals surface area contributed by atoms with Crippen molar-refractivity contribution in [2.24, 2.45) is 0 Å². The molecule has 0 saturated heterocycles. The molecule has 3 aromatic carbocycles. The number of halogens is 3. The predicted octanol–water partition coefficient (Wildman–Crippen LogP) is 8.52. The molecule has 1 aliphatic rings.